The fraction of sp³-hybridized carbons (Fsp3) is 0.455. The molecule has 0 bridgehead atoms. The second-order valence-corrected chi connectivity index (χ2v) is 12.6. The van der Waals surface area contributed by atoms with Gasteiger partial charge >= 0.3 is 0 Å². The lowest BCUT2D eigenvalue weighted by Gasteiger charge is -2.21. The minimum atomic E-state index is -4.03. The maximum atomic E-state index is 13.5. The Morgan fingerprint density at radius 3 is 2.14 bits per heavy atom. The number of pyridine rings is 1. The van der Waals surface area contributed by atoms with Gasteiger partial charge in [-0.3, -0.25) is 9.78 Å². The zero-order chi connectivity index (χ0) is 31.7. The Morgan fingerprint density at radius 1 is 0.909 bits per heavy atom. The van der Waals surface area contributed by atoms with E-state index in [1.807, 2.05) is 37.4 Å². The van der Waals surface area contributed by atoms with E-state index in [1.54, 1.807) is 39.7 Å². The van der Waals surface area contributed by atoms with Gasteiger partial charge in [0.15, 0.2) is 32.8 Å². The predicted molar refractivity (Wildman–Crippen MR) is 165 cm³/mol. The van der Waals surface area contributed by atoms with Crippen LogP contribution in [0.15, 0.2) is 53.7 Å². The number of aromatic nitrogens is 1. The van der Waals surface area contributed by atoms with Gasteiger partial charge in [0.05, 0.1) is 46.8 Å². The summed E-state index contributed by atoms with van der Waals surface area (Å²) in [4.78, 5) is 16.1. The Morgan fingerprint density at radius 2 is 1.57 bits per heavy atom. The summed E-state index contributed by atoms with van der Waals surface area (Å²) in [6.45, 7) is 3.80. The predicted octanol–water partition coefficient (Wildman–Crippen LogP) is 5.86. The van der Waals surface area contributed by atoms with Crippen molar-refractivity contribution in [2.45, 2.75) is 63.1 Å². The third-order valence-electron chi connectivity index (χ3n) is 7.26. The molecule has 11 heteroatoms. The molecule has 0 saturated carbocycles. The number of benzene rings is 2. The monoisotopic (exact) mass is 627 g/mol. The highest BCUT2D eigenvalue weighted by atomic mass is 32.2. The van der Waals surface area contributed by atoms with Gasteiger partial charge in [-0.1, -0.05) is 13.0 Å². The van der Waals surface area contributed by atoms with Crippen molar-refractivity contribution in [1.29, 1.82) is 0 Å². The number of ketones is 1. The Kier molecular flexibility index (Phi) is 11.5. The average Bonchev–Trinajstić information content (AvgIpc) is 3.51. The first-order chi connectivity index (χ1) is 21.2. The SMILES string of the molecule is CCCOc1c(OCCCc2cccnc2)cc([C@H]2CC[C@H](c3cc(OC)c(OC)c(OC)c3)O2)cc1S(=O)(=O)CC(C)=O. The number of methoxy groups -OCH3 is 3. The summed E-state index contributed by atoms with van der Waals surface area (Å²) >= 11 is 0. The molecule has 10 nitrogen and oxygen atoms in total. The second kappa shape index (κ2) is 15.3. The Balaban J connectivity index is 1.67. The molecule has 1 fully saturated rings. The minimum Gasteiger partial charge on any atom is -0.493 e. The maximum Gasteiger partial charge on any atom is 0.203 e. The molecule has 0 radical (unpaired) electrons. The minimum absolute atomic E-state index is 0.0688. The van der Waals surface area contributed by atoms with Crippen molar-refractivity contribution in [3.63, 3.8) is 0 Å². The zero-order valence-electron chi connectivity index (χ0n) is 26.0. The van der Waals surface area contributed by atoms with Crippen LogP contribution in [0.25, 0.3) is 0 Å². The molecule has 2 atom stereocenters. The van der Waals surface area contributed by atoms with E-state index in [1.165, 1.54) is 6.92 Å². The number of hydrogen-bond donors (Lipinski definition) is 0. The molecule has 2 aromatic carbocycles. The largest absolute Gasteiger partial charge is 0.493 e. The molecule has 44 heavy (non-hydrogen) atoms. The van der Waals surface area contributed by atoms with Crippen LogP contribution in [0.4, 0.5) is 0 Å². The summed E-state index contributed by atoms with van der Waals surface area (Å²) in [6.07, 6.45) is 6.20. The van der Waals surface area contributed by atoms with Crippen molar-refractivity contribution in [1.82, 2.24) is 4.98 Å². The smallest absolute Gasteiger partial charge is 0.203 e. The number of hydrogen-bond acceptors (Lipinski definition) is 10. The Labute approximate surface area is 259 Å². The van der Waals surface area contributed by atoms with Crippen LogP contribution in [-0.4, -0.2) is 59.5 Å². The molecule has 1 saturated heterocycles. The van der Waals surface area contributed by atoms with E-state index >= 15 is 0 Å². The normalized spacial score (nSPS) is 16.4. The fourth-order valence-electron chi connectivity index (χ4n) is 5.23. The molecule has 1 aliphatic heterocycles. The Hall–Kier alpha value is -3.83. The van der Waals surface area contributed by atoms with Crippen molar-refractivity contribution >= 4 is 15.6 Å². The molecule has 1 aliphatic rings. The molecule has 0 spiro atoms. The molecule has 4 rings (SSSR count). The van der Waals surface area contributed by atoms with Crippen LogP contribution in [0.2, 0.25) is 0 Å². The van der Waals surface area contributed by atoms with Crippen LogP contribution < -0.4 is 23.7 Å². The average molecular weight is 628 g/mol. The van der Waals surface area contributed by atoms with Gasteiger partial charge in [-0.25, -0.2) is 8.42 Å². The van der Waals surface area contributed by atoms with Crippen molar-refractivity contribution in [3.8, 4) is 28.7 Å². The van der Waals surface area contributed by atoms with E-state index in [4.69, 9.17) is 28.4 Å². The van der Waals surface area contributed by atoms with Crippen LogP contribution in [0.3, 0.4) is 0 Å². The van der Waals surface area contributed by atoms with E-state index in [-0.39, 0.29) is 23.4 Å². The number of carbonyl (C=O) groups excluding carboxylic acids is 1. The molecule has 0 aliphatic carbocycles. The molecule has 1 aromatic heterocycles. The van der Waals surface area contributed by atoms with Crippen molar-refractivity contribution in [3.05, 3.63) is 65.5 Å². The summed E-state index contributed by atoms with van der Waals surface area (Å²) < 4.78 is 62.2. The van der Waals surface area contributed by atoms with E-state index in [2.05, 4.69) is 4.98 Å². The van der Waals surface area contributed by atoms with E-state index in [0.29, 0.717) is 60.9 Å². The van der Waals surface area contributed by atoms with Gasteiger partial charge in [0, 0.05) is 12.4 Å². The molecule has 0 unspecified atom stereocenters. The first kappa shape index (κ1) is 33.1. The zero-order valence-corrected chi connectivity index (χ0v) is 26.8. The summed E-state index contributed by atoms with van der Waals surface area (Å²) in [5.41, 5.74) is 2.56. The Bertz CT molecular complexity index is 1500. The van der Waals surface area contributed by atoms with Gasteiger partial charge < -0.3 is 28.4 Å². The second-order valence-electron chi connectivity index (χ2n) is 10.6. The van der Waals surface area contributed by atoms with Crippen LogP contribution in [0, 0.1) is 0 Å². The lowest BCUT2D eigenvalue weighted by Crippen LogP contribution is -2.16. The van der Waals surface area contributed by atoms with Crippen LogP contribution in [0.5, 0.6) is 28.7 Å². The summed E-state index contributed by atoms with van der Waals surface area (Å²) in [5, 5.41) is 0. The number of carbonyl (C=O) groups is 1. The van der Waals surface area contributed by atoms with E-state index in [9.17, 15) is 13.2 Å². The molecule has 3 aromatic rings. The number of rotatable bonds is 16. The lowest BCUT2D eigenvalue weighted by atomic mass is 10.0. The van der Waals surface area contributed by atoms with Crippen molar-refractivity contribution < 1.29 is 41.6 Å². The highest BCUT2D eigenvalue weighted by molar-refractivity contribution is 7.92. The third-order valence-corrected chi connectivity index (χ3v) is 9.02. The highest BCUT2D eigenvalue weighted by Crippen LogP contribution is 2.48. The van der Waals surface area contributed by atoms with Gasteiger partial charge in [0.2, 0.25) is 5.75 Å². The molecule has 238 valence electrons. The van der Waals surface area contributed by atoms with Gasteiger partial charge in [-0.2, -0.15) is 0 Å². The lowest BCUT2D eigenvalue weighted by molar-refractivity contribution is -0.114. The molecule has 2 heterocycles. The highest BCUT2D eigenvalue weighted by Gasteiger charge is 2.33. The van der Waals surface area contributed by atoms with Gasteiger partial charge in [0.25, 0.3) is 0 Å². The molecule has 0 amide bonds. The third kappa shape index (κ3) is 8.00. The van der Waals surface area contributed by atoms with E-state index in [0.717, 1.165) is 17.5 Å². The maximum absolute atomic E-state index is 13.5. The van der Waals surface area contributed by atoms with Crippen LogP contribution >= 0.6 is 0 Å². The first-order valence-electron chi connectivity index (χ1n) is 14.7. The molecular formula is C33H41NO9S. The summed E-state index contributed by atoms with van der Waals surface area (Å²) in [7, 11) is 0.639. The standard InChI is InChI=1S/C33H41NO9S/c1-6-14-42-33-30(41-15-8-10-23-9-7-13-34-20-23)18-25(19-31(33)44(36,37)21-22(2)35)27-12-11-26(43-27)24-16-28(38-3)32(40-5)29(17-24)39-4/h7,9,13,16-20,26-27H,6,8,10-12,14-15,21H2,1-5H3/t26-,27-/m1/s1. The number of aryl methyl sites for hydroxylation is 1. The molecular weight excluding hydrogens is 586 g/mol. The van der Waals surface area contributed by atoms with Gasteiger partial charge in [-0.05, 0) is 86.1 Å². The number of nitrogens with zero attached hydrogens (tertiary/aromatic N) is 1. The quantitative estimate of drug-likeness (QED) is 0.179. The van der Waals surface area contributed by atoms with Gasteiger partial charge in [-0.15, -0.1) is 0 Å². The van der Waals surface area contributed by atoms with E-state index < -0.39 is 27.5 Å². The van der Waals surface area contributed by atoms with Crippen LogP contribution in [-0.2, 0) is 25.8 Å². The number of ether oxygens (including phenoxy) is 6. The van der Waals surface area contributed by atoms with Crippen molar-refractivity contribution in [2.24, 2.45) is 0 Å². The summed E-state index contributed by atoms with van der Waals surface area (Å²) in [6, 6.07) is 11.0. The molecule has 0 N–H and O–H groups in total. The van der Waals surface area contributed by atoms with Gasteiger partial charge in [0.1, 0.15) is 16.4 Å². The van der Waals surface area contributed by atoms with Crippen molar-refractivity contribution in [2.75, 3.05) is 40.3 Å². The number of Topliss-reactive ketones (excluding diaryl/α,β-unsaturated/α-hetero) is 1. The number of sulfone groups is 1. The summed E-state index contributed by atoms with van der Waals surface area (Å²) in [5.74, 6) is 0.856. The first-order valence-corrected chi connectivity index (χ1v) is 16.4. The van der Waals surface area contributed by atoms with Crippen LogP contribution in [0.1, 0.15) is 68.4 Å². The fourth-order valence-corrected chi connectivity index (χ4v) is 6.68. The topological polar surface area (TPSA) is 119 Å².